The van der Waals surface area contributed by atoms with Gasteiger partial charge in [0, 0.05) is 33.2 Å². The Bertz CT molecular complexity index is 2920. The van der Waals surface area contributed by atoms with Crippen molar-refractivity contribution >= 4 is 17.1 Å². The Morgan fingerprint density at radius 3 is 1.68 bits per heavy atom. The fourth-order valence-corrected chi connectivity index (χ4v) is 11.2. The monoisotopic (exact) mass is 781 g/mol. The van der Waals surface area contributed by atoms with Gasteiger partial charge in [-0.1, -0.05) is 186 Å². The summed E-state index contributed by atoms with van der Waals surface area (Å²) in [5.41, 5.74) is 25.2. The van der Waals surface area contributed by atoms with Gasteiger partial charge in [-0.15, -0.1) is 0 Å². The van der Waals surface area contributed by atoms with Crippen LogP contribution in [-0.2, 0) is 27.1 Å². The highest BCUT2D eigenvalue weighted by molar-refractivity contribution is 5.96. The zero-order valence-corrected chi connectivity index (χ0v) is 37.7. The van der Waals surface area contributed by atoms with Crippen molar-refractivity contribution in [2.75, 3.05) is 4.90 Å². The second kappa shape index (κ2) is 12.7. The number of rotatable bonds is 4. The summed E-state index contributed by atoms with van der Waals surface area (Å²) < 4.78 is 0. The minimum atomic E-state index is -0.114. The standard InChI is InChI=1S/C59H59N/c1-55(2,3)38-33-45-44-32-37(27-30-48(44)59(11,12)54(45)51(34-38)56(4,5)6)36-19-17-20-39(31-36)60(40-28-29-42-41-21-13-15-23-46(41)58(9,10)50(42)35-40)52-26-18-25-49-53(52)43-22-14-16-24-47(43)57(49,7)8/h13-35H,1-12H3. The lowest BCUT2D eigenvalue weighted by Gasteiger charge is -2.32. The van der Waals surface area contributed by atoms with Gasteiger partial charge in [-0.25, -0.2) is 0 Å². The van der Waals surface area contributed by atoms with E-state index in [0.29, 0.717) is 0 Å². The first-order valence-electron chi connectivity index (χ1n) is 22.0. The van der Waals surface area contributed by atoms with Crippen LogP contribution in [0.4, 0.5) is 17.1 Å². The molecule has 0 N–H and O–H groups in total. The first-order valence-corrected chi connectivity index (χ1v) is 22.0. The van der Waals surface area contributed by atoms with E-state index in [9.17, 15) is 0 Å². The molecule has 10 rings (SSSR count). The van der Waals surface area contributed by atoms with Crippen molar-refractivity contribution in [3.63, 3.8) is 0 Å². The molecule has 3 aliphatic carbocycles. The number of hydrogen-bond donors (Lipinski definition) is 0. The van der Waals surface area contributed by atoms with Crippen molar-refractivity contribution < 1.29 is 0 Å². The molecule has 0 bridgehead atoms. The molecule has 1 nitrogen and oxygen atoms in total. The van der Waals surface area contributed by atoms with E-state index >= 15 is 0 Å². The summed E-state index contributed by atoms with van der Waals surface area (Å²) in [7, 11) is 0. The van der Waals surface area contributed by atoms with Gasteiger partial charge in [0.25, 0.3) is 0 Å². The van der Waals surface area contributed by atoms with Gasteiger partial charge in [-0.3, -0.25) is 0 Å². The Morgan fingerprint density at radius 1 is 0.383 bits per heavy atom. The zero-order valence-electron chi connectivity index (χ0n) is 37.7. The van der Waals surface area contributed by atoms with E-state index in [1.54, 1.807) is 0 Å². The molecule has 0 atom stereocenters. The van der Waals surface area contributed by atoms with Gasteiger partial charge in [0.05, 0.1) is 5.69 Å². The summed E-state index contributed by atoms with van der Waals surface area (Å²) >= 11 is 0. The quantitative estimate of drug-likeness (QED) is 0.172. The van der Waals surface area contributed by atoms with Crippen LogP contribution in [0.3, 0.4) is 0 Å². The lowest BCUT2D eigenvalue weighted by Crippen LogP contribution is -2.24. The molecule has 0 spiro atoms. The van der Waals surface area contributed by atoms with Crippen molar-refractivity contribution in [1.29, 1.82) is 0 Å². The molecule has 0 saturated heterocycles. The SMILES string of the molecule is CC(C)(C)c1cc2c(c(C(C)(C)C)c1)C(C)(C)c1ccc(-c3cccc(N(c4ccc5c(c4)C(C)(C)c4ccccc4-5)c4cccc5c4-c4ccccc4C5(C)C)c3)cc1-2. The van der Waals surface area contributed by atoms with Crippen molar-refractivity contribution in [2.45, 2.75) is 110 Å². The van der Waals surface area contributed by atoms with Gasteiger partial charge >= 0.3 is 0 Å². The summed E-state index contributed by atoms with van der Waals surface area (Å²) in [4.78, 5) is 2.54. The van der Waals surface area contributed by atoms with Crippen LogP contribution in [0, 0.1) is 0 Å². The smallest absolute Gasteiger partial charge is 0.0543 e. The Kier molecular flexibility index (Phi) is 8.15. The largest absolute Gasteiger partial charge is 0.310 e. The van der Waals surface area contributed by atoms with Crippen molar-refractivity contribution in [1.82, 2.24) is 0 Å². The van der Waals surface area contributed by atoms with Gasteiger partial charge in [0.2, 0.25) is 0 Å². The van der Waals surface area contributed by atoms with E-state index in [-0.39, 0.29) is 27.1 Å². The summed E-state index contributed by atoms with van der Waals surface area (Å²) in [5.74, 6) is 0. The first-order chi connectivity index (χ1) is 28.3. The topological polar surface area (TPSA) is 3.24 Å². The molecule has 7 aromatic rings. The van der Waals surface area contributed by atoms with Crippen LogP contribution in [-0.4, -0.2) is 0 Å². The molecule has 7 aromatic carbocycles. The highest BCUT2D eigenvalue weighted by atomic mass is 15.1. The predicted molar refractivity (Wildman–Crippen MR) is 257 cm³/mol. The van der Waals surface area contributed by atoms with E-state index in [2.05, 4.69) is 228 Å². The van der Waals surface area contributed by atoms with Crippen LogP contribution in [0.25, 0.3) is 44.5 Å². The second-order valence-electron chi connectivity index (χ2n) is 21.5. The zero-order chi connectivity index (χ0) is 42.3. The molecule has 0 heterocycles. The van der Waals surface area contributed by atoms with Gasteiger partial charge in [-0.2, -0.15) is 0 Å². The van der Waals surface area contributed by atoms with Crippen LogP contribution in [0.15, 0.2) is 140 Å². The van der Waals surface area contributed by atoms with Gasteiger partial charge in [0.15, 0.2) is 0 Å². The Hall–Kier alpha value is -5.66. The third kappa shape index (κ3) is 5.50. The maximum Gasteiger partial charge on any atom is 0.0543 e. The fourth-order valence-electron chi connectivity index (χ4n) is 11.2. The minimum absolute atomic E-state index is 0.0220. The molecule has 60 heavy (non-hydrogen) atoms. The molecule has 0 aromatic heterocycles. The second-order valence-corrected chi connectivity index (χ2v) is 21.5. The summed E-state index contributed by atoms with van der Waals surface area (Å²) in [5, 5.41) is 0. The lowest BCUT2D eigenvalue weighted by molar-refractivity contribution is 0.545. The number of fused-ring (bicyclic) bond motifs is 9. The van der Waals surface area contributed by atoms with E-state index in [0.717, 1.165) is 5.69 Å². The molecular formula is C59H59N. The Morgan fingerprint density at radius 2 is 0.967 bits per heavy atom. The fraction of sp³-hybridized carbons (Fsp3) is 0.288. The maximum absolute atomic E-state index is 2.54. The highest BCUT2D eigenvalue weighted by Crippen LogP contribution is 2.57. The molecule has 3 aliphatic rings. The number of hydrogen-bond acceptors (Lipinski definition) is 1. The molecule has 0 aliphatic heterocycles. The van der Waals surface area contributed by atoms with Gasteiger partial charge < -0.3 is 4.90 Å². The molecule has 1 heteroatoms. The van der Waals surface area contributed by atoms with Gasteiger partial charge in [-0.05, 0) is 131 Å². The normalized spacial score (nSPS) is 16.1. The molecule has 0 radical (unpaired) electrons. The predicted octanol–water partition coefficient (Wildman–Crippen LogP) is 16.3. The lowest BCUT2D eigenvalue weighted by atomic mass is 9.71. The maximum atomic E-state index is 2.54. The Labute approximate surface area is 359 Å². The Balaban J connectivity index is 1.17. The molecular weight excluding hydrogens is 723 g/mol. The number of nitrogens with zero attached hydrogens (tertiary/aromatic N) is 1. The minimum Gasteiger partial charge on any atom is -0.310 e. The molecule has 300 valence electrons. The molecule has 0 fully saturated rings. The number of benzene rings is 7. The third-order valence-electron chi connectivity index (χ3n) is 14.5. The average molecular weight is 782 g/mol. The van der Waals surface area contributed by atoms with Crippen LogP contribution in [0.1, 0.15) is 128 Å². The van der Waals surface area contributed by atoms with Crippen LogP contribution >= 0.6 is 0 Å². The van der Waals surface area contributed by atoms with Crippen LogP contribution in [0.2, 0.25) is 0 Å². The van der Waals surface area contributed by atoms with Crippen molar-refractivity contribution in [3.05, 3.63) is 184 Å². The summed E-state index contributed by atoms with van der Waals surface area (Å²) in [6.07, 6.45) is 0. The summed E-state index contributed by atoms with van der Waals surface area (Å²) in [6, 6.07) is 53.7. The van der Waals surface area contributed by atoms with E-state index in [4.69, 9.17) is 0 Å². The summed E-state index contributed by atoms with van der Waals surface area (Å²) in [6.45, 7) is 28.5. The van der Waals surface area contributed by atoms with Crippen molar-refractivity contribution in [2.24, 2.45) is 0 Å². The van der Waals surface area contributed by atoms with E-state index < -0.39 is 0 Å². The average Bonchev–Trinajstić information content (AvgIpc) is 3.70. The van der Waals surface area contributed by atoms with Crippen LogP contribution < -0.4 is 4.90 Å². The van der Waals surface area contributed by atoms with E-state index in [1.165, 1.54) is 100 Å². The number of anilines is 3. The molecule has 0 unspecified atom stereocenters. The highest BCUT2D eigenvalue weighted by Gasteiger charge is 2.42. The third-order valence-corrected chi connectivity index (χ3v) is 14.5. The van der Waals surface area contributed by atoms with Crippen molar-refractivity contribution in [3.8, 4) is 44.5 Å². The van der Waals surface area contributed by atoms with E-state index in [1.807, 2.05) is 0 Å². The first kappa shape index (κ1) is 38.5. The molecule has 0 saturated carbocycles. The van der Waals surface area contributed by atoms with Gasteiger partial charge in [0.1, 0.15) is 0 Å². The van der Waals surface area contributed by atoms with Crippen LogP contribution in [0.5, 0.6) is 0 Å². The molecule has 0 amide bonds.